The highest BCUT2D eigenvalue weighted by Crippen LogP contribution is 2.38. The van der Waals surface area contributed by atoms with Crippen LogP contribution in [0.3, 0.4) is 0 Å². The number of anilines is 1. The van der Waals surface area contributed by atoms with Crippen molar-refractivity contribution >= 4 is 35.6 Å². The normalized spacial score (nSPS) is 23.0. The van der Waals surface area contributed by atoms with Crippen LogP contribution in [0, 0.1) is 5.41 Å². The van der Waals surface area contributed by atoms with Gasteiger partial charge < -0.3 is 19.9 Å². The van der Waals surface area contributed by atoms with Crippen molar-refractivity contribution in [2.24, 2.45) is 10.4 Å². The largest absolute Gasteiger partial charge is 0.381 e. The maximum Gasteiger partial charge on any atom is 0.194 e. The van der Waals surface area contributed by atoms with Crippen LogP contribution in [0.4, 0.5) is 5.69 Å². The summed E-state index contributed by atoms with van der Waals surface area (Å²) in [4.78, 5) is 9.40. The van der Waals surface area contributed by atoms with Crippen molar-refractivity contribution in [2.75, 3.05) is 51.8 Å². The number of nitrogens with zero attached hydrogens (tertiary/aromatic N) is 3. The zero-order chi connectivity index (χ0) is 17.0. The minimum Gasteiger partial charge on any atom is -0.381 e. The molecule has 1 aromatic rings. The van der Waals surface area contributed by atoms with E-state index in [4.69, 9.17) is 9.73 Å². The Hall–Kier alpha value is -1.02. The lowest BCUT2D eigenvalue weighted by molar-refractivity contribution is 0.156. The summed E-state index contributed by atoms with van der Waals surface area (Å²) in [5.74, 6) is 1.04. The number of likely N-dealkylation sites (tertiary alicyclic amines) is 1. The van der Waals surface area contributed by atoms with Gasteiger partial charge in [0.1, 0.15) is 0 Å². The van der Waals surface area contributed by atoms with Crippen LogP contribution in [0.1, 0.15) is 25.3 Å². The molecule has 1 aromatic carbocycles. The van der Waals surface area contributed by atoms with Crippen LogP contribution in [0.25, 0.3) is 0 Å². The lowest BCUT2D eigenvalue weighted by Crippen LogP contribution is -2.41. The molecule has 0 saturated carbocycles. The van der Waals surface area contributed by atoms with Gasteiger partial charge in [-0.05, 0) is 37.5 Å². The summed E-state index contributed by atoms with van der Waals surface area (Å²) < 4.78 is 5.64. The molecule has 25 heavy (non-hydrogen) atoms. The van der Waals surface area contributed by atoms with E-state index >= 15 is 0 Å². The fourth-order valence-electron chi connectivity index (χ4n) is 3.58. The molecule has 6 heteroatoms. The fourth-order valence-corrected chi connectivity index (χ4v) is 3.58. The highest BCUT2D eigenvalue weighted by atomic mass is 127. The van der Waals surface area contributed by atoms with Crippen LogP contribution in [-0.4, -0.2) is 57.8 Å². The Balaban J connectivity index is 0.00000225. The van der Waals surface area contributed by atoms with E-state index in [2.05, 4.69) is 60.4 Å². The molecule has 2 aliphatic heterocycles. The summed E-state index contributed by atoms with van der Waals surface area (Å²) in [7, 11) is 4.12. The Labute approximate surface area is 168 Å². The van der Waals surface area contributed by atoms with Crippen molar-refractivity contribution < 1.29 is 4.74 Å². The molecule has 1 unspecified atom stereocenters. The smallest absolute Gasteiger partial charge is 0.194 e. The van der Waals surface area contributed by atoms with Crippen molar-refractivity contribution in [1.82, 2.24) is 10.2 Å². The van der Waals surface area contributed by atoms with Gasteiger partial charge in [0.2, 0.25) is 0 Å². The first-order chi connectivity index (χ1) is 11.6. The highest BCUT2D eigenvalue weighted by molar-refractivity contribution is 14.0. The van der Waals surface area contributed by atoms with Crippen molar-refractivity contribution in [3.8, 4) is 0 Å². The summed E-state index contributed by atoms with van der Waals surface area (Å²) in [5, 5.41) is 3.46. The lowest BCUT2D eigenvalue weighted by Gasteiger charge is -2.25. The Morgan fingerprint density at radius 1 is 1.28 bits per heavy atom. The Morgan fingerprint density at radius 3 is 2.64 bits per heavy atom. The standard InChI is InChI=1S/C19H30N4O.HI/c1-4-20-18(23-11-9-19(14-23)10-12-24-15-19)21-13-16-5-7-17(8-6-16)22(2)3;/h5-8H,4,9-15H2,1-3H3,(H,20,21);1H. The van der Waals surface area contributed by atoms with Gasteiger partial charge in [0.05, 0.1) is 13.2 Å². The van der Waals surface area contributed by atoms with Crippen LogP contribution in [0.15, 0.2) is 29.3 Å². The minimum absolute atomic E-state index is 0. The quantitative estimate of drug-likeness (QED) is 0.428. The Bertz CT molecular complexity index is 567. The molecule has 5 nitrogen and oxygen atoms in total. The monoisotopic (exact) mass is 458 g/mol. The number of ether oxygens (including phenoxy) is 1. The maximum atomic E-state index is 5.64. The van der Waals surface area contributed by atoms with Crippen molar-refractivity contribution in [3.63, 3.8) is 0 Å². The molecule has 2 fully saturated rings. The van der Waals surface area contributed by atoms with E-state index < -0.39 is 0 Å². The zero-order valence-corrected chi connectivity index (χ0v) is 18.0. The van der Waals surface area contributed by atoms with Gasteiger partial charge in [0.25, 0.3) is 0 Å². The molecule has 0 amide bonds. The van der Waals surface area contributed by atoms with Gasteiger partial charge in [-0.2, -0.15) is 0 Å². The second-order valence-corrected chi connectivity index (χ2v) is 7.21. The third-order valence-corrected chi connectivity index (χ3v) is 5.12. The van der Waals surface area contributed by atoms with Crippen LogP contribution < -0.4 is 10.2 Å². The SMILES string of the molecule is CCNC(=NCc1ccc(N(C)C)cc1)N1CCC2(CCOC2)C1.I. The molecule has 2 saturated heterocycles. The first-order valence-electron chi connectivity index (χ1n) is 8.99. The molecule has 0 radical (unpaired) electrons. The highest BCUT2D eigenvalue weighted by Gasteiger charge is 2.42. The van der Waals surface area contributed by atoms with Gasteiger partial charge in [-0.15, -0.1) is 24.0 Å². The van der Waals surface area contributed by atoms with Crippen molar-refractivity contribution in [2.45, 2.75) is 26.3 Å². The first-order valence-corrected chi connectivity index (χ1v) is 8.99. The van der Waals surface area contributed by atoms with E-state index in [1.807, 2.05) is 0 Å². The summed E-state index contributed by atoms with van der Waals surface area (Å²) in [6, 6.07) is 8.63. The molecule has 1 N–H and O–H groups in total. The van der Waals surface area contributed by atoms with Crippen molar-refractivity contribution in [1.29, 1.82) is 0 Å². The third-order valence-electron chi connectivity index (χ3n) is 5.12. The second kappa shape index (κ2) is 9.07. The summed E-state index contributed by atoms with van der Waals surface area (Å²) >= 11 is 0. The van der Waals surface area contributed by atoms with Gasteiger partial charge >= 0.3 is 0 Å². The van der Waals surface area contributed by atoms with Gasteiger partial charge in [0, 0.05) is 51.4 Å². The Kier molecular flexibility index (Phi) is 7.37. The number of hydrogen-bond acceptors (Lipinski definition) is 3. The third kappa shape index (κ3) is 5.00. The molecule has 2 heterocycles. The number of benzene rings is 1. The predicted molar refractivity (Wildman–Crippen MR) is 115 cm³/mol. The average Bonchev–Trinajstić information content (AvgIpc) is 3.22. The van der Waals surface area contributed by atoms with E-state index in [9.17, 15) is 0 Å². The van der Waals surface area contributed by atoms with E-state index in [0.29, 0.717) is 5.41 Å². The number of aliphatic imine (C=N–C) groups is 1. The van der Waals surface area contributed by atoms with Gasteiger partial charge in [0.15, 0.2) is 5.96 Å². The summed E-state index contributed by atoms with van der Waals surface area (Å²) in [6.45, 7) is 7.72. The minimum atomic E-state index is 0. The Morgan fingerprint density at radius 2 is 2.04 bits per heavy atom. The maximum absolute atomic E-state index is 5.64. The molecule has 1 spiro atoms. The number of rotatable bonds is 4. The molecule has 0 bridgehead atoms. The van der Waals surface area contributed by atoms with Crippen LogP contribution in [0.5, 0.6) is 0 Å². The van der Waals surface area contributed by atoms with Gasteiger partial charge in [-0.3, -0.25) is 0 Å². The zero-order valence-electron chi connectivity index (χ0n) is 15.6. The van der Waals surface area contributed by atoms with E-state index in [-0.39, 0.29) is 24.0 Å². The van der Waals surface area contributed by atoms with Gasteiger partial charge in [-0.25, -0.2) is 4.99 Å². The van der Waals surface area contributed by atoms with Crippen molar-refractivity contribution in [3.05, 3.63) is 29.8 Å². The van der Waals surface area contributed by atoms with E-state index in [0.717, 1.165) is 45.4 Å². The number of halogens is 1. The molecular formula is C19H31IN4O. The molecule has 0 aliphatic carbocycles. The number of guanidine groups is 1. The summed E-state index contributed by atoms with van der Waals surface area (Å²) in [6.07, 6.45) is 2.41. The average molecular weight is 458 g/mol. The molecular weight excluding hydrogens is 427 g/mol. The number of hydrogen-bond donors (Lipinski definition) is 1. The molecule has 3 rings (SSSR count). The van der Waals surface area contributed by atoms with E-state index in [1.165, 1.54) is 24.1 Å². The summed E-state index contributed by atoms with van der Waals surface area (Å²) in [5.41, 5.74) is 2.83. The van der Waals surface area contributed by atoms with Crippen LogP contribution in [-0.2, 0) is 11.3 Å². The van der Waals surface area contributed by atoms with Crippen LogP contribution >= 0.6 is 24.0 Å². The lowest BCUT2D eigenvalue weighted by atomic mass is 9.87. The first kappa shape index (κ1) is 20.3. The molecule has 2 aliphatic rings. The molecule has 140 valence electrons. The van der Waals surface area contributed by atoms with Gasteiger partial charge in [-0.1, -0.05) is 12.1 Å². The number of nitrogens with one attached hydrogen (secondary N) is 1. The van der Waals surface area contributed by atoms with Crippen LogP contribution in [0.2, 0.25) is 0 Å². The predicted octanol–water partition coefficient (Wildman–Crippen LogP) is 2.95. The van der Waals surface area contributed by atoms with E-state index in [1.54, 1.807) is 0 Å². The molecule has 0 aromatic heterocycles. The fraction of sp³-hybridized carbons (Fsp3) is 0.632. The second-order valence-electron chi connectivity index (χ2n) is 7.21. The topological polar surface area (TPSA) is 40.1 Å². The molecule has 1 atom stereocenters.